The first-order valence-electron chi connectivity index (χ1n) is 33.4. The fourth-order valence-corrected chi connectivity index (χ4v) is 9.29. The molecule has 0 saturated heterocycles. The van der Waals surface area contributed by atoms with E-state index in [4.69, 9.17) is 14.2 Å². The molecule has 0 aromatic rings. The average Bonchev–Trinajstić information content (AvgIpc) is 3.45. The molecule has 1 unspecified atom stereocenters. The highest BCUT2D eigenvalue weighted by Gasteiger charge is 2.19. The van der Waals surface area contributed by atoms with Crippen molar-refractivity contribution in [2.45, 2.75) is 322 Å². The lowest BCUT2D eigenvalue weighted by Gasteiger charge is -2.18. The van der Waals surface area contributed by atoms with Gasteiger partial charge in [0.15, 0.2) is 6.10 Å². The molecule has 0 rings (SSSR count). The molecule has 1 atom stereocenters. The minimum absolute atomic E-state index is 0.0945. The number of allylic oxidation sites excluding steroid dienone is 17. The van der Waals surface area contributed by atoms with Crippen LogP contribution in [-0.2, 0) is 28.6 Å². The summed E-state index contributed by atoms with van der Waals surface area (Å²) in [6.07, 6.45) is 91.5. The second kappa shape index (κ2) is 66.6. The Hall–Kier alpha value is -3.93. The molecule has 6 heteroatoms. The molecule has 0 aliphatic rings. The normalized spacial score (nSPS) is 12.8. The Morgan fingerprint density at radius 3 is 0.861 bits per heavy atom. The third-order valence-electron chi connectivity index (χ3n) is 14.3. The van der Waals surface area contributed by atoms with E-state index in [1.54, 1.807) is 6.08 Å². The molecule has 0 aromatic heterocycles. The Morgan fingerprint density at radius 2 is 0.532 bits per heavy atom. The minimum atomic E-state index is -0.836. The van der Waals surface area contributed by atoms with Crippen molar-refractivity contribution in [3.63, 3.8) is 0 Å². The molecule has 452 valence electrons. The molecule has 0 N–H and O–H groups in total. The van der Waals surface area contributed by atoms with Crippen LogP contribution in [0.4, 0.5) is 0 Å². The molecule has 0 radical (unpaired) electrons. The van der Waals surface area contributed by atoms with Gasteiger partial charge in [0.25, 0.3) is 0 Å². The molecule has 0 aromatic carbocycles. The van der Waals surface area contributed by atoms with Gasteiger partial charge >= 0.3 is 17.9 Å². The van der Waals surface area contributed by atoms with Crippen molar-refractivity contribution in [3.8, 4) is 0 Å². The lowest BCUT2D eigenvalue weighted by molar-refractivity contribution is -0.166. The van der Waals surface area contributed by atoms with Gasteiger partial charge in [0.2, 0.25) is 0 Å². The Bertz CT molecular complexity index is 1590. The number of ether oxygens (including phenoxy) is 3. The summed E-state index contributed by atoms with van der Waals surface area (Å²) in [5.74, 6) is -1.05. The van der Waals surface area contributed by atoms with E-state index in [1.165, 1.54) is 180 Å². The smallest absolute Gasteiger partial charge is 0.310 e. The quantitative estimate of drug-likeness (QED) is 0.0261. The van der Waals surface area contributed by atoms with Crippen LogP contribution < -0.4 is 0 Å². The van der Waals surface area contributed by atoms with Crippen molar-refractivity contribution in [1.29, 1.82) is 0 Å². The zero-order valence-corrected chi connectivity index (χ0v) is 51.9. The Labute approximate surface area is 489 Å². The summed E-state index contributed by atoms with van der Waals surface area (Å²) in [5.41, 5.74) is 0. The van der Waals surface area contributed by atoms with Crippen LogP contribution in [0.5, 0.6) is 0 Å². The third kappa shape index (κ3) is 64.8. The van der Waals surface area contributed by atoms with E-state index in [2.05, 4.69) is 118 Å². The van der Waals surface area contributed by atoms with Gasteiger partial charge in [0.1, 0.15) is 13.2 Å². The topological polar surface area (TPSA) is 78.9 Å². The first kappa shape index (κ1) is 75.1. The van der Waals surface area contributed by atoms with E-state index < -0.39 is 12.1 Å². The van der Waals surface area contributed by atoms with Crippen LogP contribution in [0.1, 0.15) is 316 Å². The van der Waals surface area contributed by atoms with Crippen LogP contribution in [0.2, 0.25) is 0 Å². The van der Waals surface area contributed by atoms with E-state index in [-0.39, 0.29) is 31.6 Å². The lowest BCUT2D eigenvalue weighted by atomic mass is 10.0. The highest BCUT2D eigenvalue weighted by atomic mass is 16.6. The van der Waals surface area contributed by atoms with Crippen LogP contribution >= 0.6 is 0 Å². The van der Waals surface area contributed by atoms with Crippen molar-refractivity contribution in [2.75, 3.05) is 13.2 Å². The zero-order valence-electron chi connectivity index (χ0n) is 51.9. The lowest BCUT2D eigenvalue weighted by Crippen LogP contribution is -2.30. The molecule has 0 aliphatic carbocycles. The molecule has 0 amide bonds. The second-order valence-electron chi connectivity index (χ2n) is 22.0. The van der Waals surface area contributed by atoms with E-state index in [0.29, 0.717) is 12.8 Å². The van der Waals surface area contributed by atoms with E-state index in [0.717, 1.165) is 96.3 Å². The maximum absolute atomic E-state index is 12.8. The largest absolute Gasteiger partial charge is 0.462 e. The Morgan fingerprint density at radius 1 is 0.278 bits per heavy atom. The third-order valence-corrected chi connectivity index (χ3v) is 14.3. The van der Waals surface area contributed by atoms with Crippen LogP contribution in [0.25, 0.3) is 0 Å². The highest BCUT2D eigenvalue weighted by molar-refractivity contribution is 5.72. The van der Waals surface area contributed by atoms with Gasteiger partial charge in [-0.1, -0.05) is 297 Å². The van der Waals surface area contributed by atoms with Crippen LogP contribution in [-0.4, -0.2) is 37.2 Å². The van der Waals surface area contributed by atoms with Gasteiger partial charge in [-0.25, -0.2) is 0 Å². The maximum atomic E-state index is 12.8. The van der Waals surface area contributed by atoms with Crippen LogP contribution in [0.3, 0.4) is 0 Å². The molecular formula is C73H124O6. The summed E-state index contributed by atoms with van der Waals surface area (Å²) in [4.78, 5) is 38.2. The van der Waals surface area contributed by atoms with Crippen molar-refractivity contribution in [1.82, 2.24) is 0 Å². The molecular weight excluding hydrogens is 973 g/mol. The number of esters is 3. The SMILES string of the molecule is CC/C=C\C/C=C\C/C=C\C/C=C\C/C=C\CC(=O)OC(COC(=O)CCCCCCC/C=C\CCCCCC)COC(=O)CCCCCCCCCCCCCCCCCCCC/C=C\C/C=C\C/C=C\CCCCCCC. The van der Waals surface area contributed by atoms with Gasteiger partial charge in [-0.3, -0.25) is 14.4 Å². The van der Waals surface area contributed by atoms with Crippen molar-refractivity contribution >= 4 is 17.9 Å². The first-order chi connectivity index (χ1) is 39.0. The van der Waals surface area contributed by atoms with Gasteiger partial charge in [-0.05, 0) is 109 Å². The number of carbonyl (C=O) groups is 3. The summed E-state index contributed by atoms with van der Waals surface area (Å²) in [6.45, 7) is 6.43. The summed E-state index contributed by atoms with van der Waals surface area (Å²) >= 11 is 0. The van der Waals surface area contributed by atoms with Gasteiger partial charge in [-0.15, -0.1) is 0 Å². The number of unbranched alkanes of at least 4 members (excludes halogenated alkanes) is 32. The number of hydrogen-bond acceptors (Lipinski definition) is 6. The number of hydrogen-bond donors (Lipinski definition) is 0. The fourth-order valence-electron chi connectivity index (χ4n) is 9.29. The summed E-state index contributed by atoms with van der Waals surface area (Å²) in [6, 6.07) is 0. The second-order valence-corrected chi connectivity index (χ2v) is 22.0. The Kier molecular flexibility index (Phi) is 63.3. The van der Waals surface area contributed by atoms with Gasteiger partial charge in [0.05, 0.1) is 6.42 Å². The molecule has 0 spiro atoms. The predicted molar refractivity (Wildman–Crippen MR) is 343 cm³/mol. The minimum Gasteiger partial charge on any atom is -0.462 e. The fraction of sp³-hybridized carbons (Fsp3) is 0.712. The van der Waals surface area contributed by atoms with Gasteiger partial charge in [-0.2, -0.15) is 0 Å². The molecule has 0 saturated carbocycles. The number of rotatable bonds is 60. The highest BCUT2D eigenvalue weighted by Crippen LogP contribution is 2.16. The molecule has 0 heterocycles. The summed E-state index contributed by atoms with van der Waals surface area (Å²) in [7, 11) is 0. The molecule has 0 aliphatic heterocycles. The summed E-state index contributed by atoms with van der Waals surface area (Å²) < 4.78 is 16.8. The first-order valence-corrected chi connectivity index (χ1v) is 33.4. The zero-order chi connectivity index (χ0) is 57.1. The van der Waals surface area contributed by atoms with Crippen LogP contribution in [0.15, 0.2) is 109 Å². The van der Waals surface area contributed by atoms with E-state index in [9.17, 15) is 14.4 Å². The monoisotopic (exact) mass is 1100 g/mol. The van der Waals surface area contributed by atoms with Crippen molar-refractivity contribution in [3.05, 3.63) is 109 Å². The van der Waals surface area contributed by atoms with Crippen LogP contribution in [0, 0.1) is 0 Å². The summed E-state index contributed by atoms with van der Waals surface area (Å²) in [5, 5.41) is 0. The van der Waals surface area contributed by atoms with E-state index in [1.807, 2.05) is 6.08 Å². The molecule has 6 nitrogen and oxygen atoms in total. The van der Waals surface area contributed by atoms with Gasteiger partial charge < -0.3 is 14.2 Å². The molecule has 79 heavy (non-hydrogen) atoms. The van der Waals surface area contributed by atoms with Crippen molar-refractivity contribution in [2.24, 2.45) is 0 Å². The molecule has 0 fully saturated rings. The van der Waals surface area contributed by atoms with Gasteiger partial charge in [0, 0.05) is 12.8 Å². The standard InChI is InChI=1S/C73H124O6/c1-4-7-10-13-16-19-22-25-27-28-29-30-31-32-33-34-35-36-37-38-39-40-41-42-43-44-46-48-51-54-57-60-63-66-72(75)78-69-70(68-77-71(74)65-62-59-56-53-50-47-24-21-18-15-12-9-6-3)79-73(76)67-64-61-58-55-52-49-45-26-23-20-17-14-11-8-5-2/h8,11,17,20-22,24-26,28-29,31-32,45,52,55,61,64,70H,4-7,9-10,12-16,18-19,23,27,30,33-44,46-51,53-54,56-60,62-63,65-69H2,1-3H3/b11-8-,20-17-,24-21-,25-22-,29-28-,32-31-,45-26-,55-52-,64-61-. The number of carbonyl (C=O) groups excluding carboxylic acids is 3. The molecule has 0 bridgehead atoms. The average molecular weight is 1100 g/mol. The maximum Gasteiger partial charge on any atom is 0.310 e. The van der Waals surface area contributed by atoms with Crippen molar-refractivity contribution < 1.29 is 28.6 Å². The Balaban J connectivity index is 4.21. The van der Waals surface area contributed by atoms with E-state index >= 15 is 0 Å². The predicted octanol–water partition coefficient (Wildman–Crippen LogP) is 23.0.